The van der Waals surface area contributed by atoms with Crippen molar-refractivity contribution in [2.45, 2.75) is 51.6 Å². The predicted molar refractivity (Wildman–Crippen MR) is 53.8 cm³/mol. The molecule has 2 fully saturated rings. The van der Waals surface area contributed by atoms with E-state index in [1.807, 2.05) is 18.7 Å². The number of nitrogens with zero attached hydrogens (tertiary/aromatic N) is 1. The molecular formula is C11H19NO2. The lowest BCUT2D eigenvalue weighted by atomic mass is 9.82. The number of amides is 1. The minimum atomic E-state index is -0.280. The number of rotatable bonds is 1. The Balaban J connectivity index is 2.38. The quantitative estimate of drug-likeness (QED) is 0.685. The fourth-order valence-electron chi connectivity index (χ4n) is 3.22. The second-order valence-corrected chi connectivity index (χ2v) is 5.51. The van der Waals surface area contributed by atoms with Crippen molar-refractivity contribution in [3.8, 4) is 0 Å². The predicted octanol–water partition coefficient (Wildman–Crippen LogP) is 1.16. The third-order valence-corrected chi connectivity index (χ3v) is 3.84. The van der Waals surface area contributed by atoms with Crippen molar-refractivity contribution in [3.05, 3.63) is 0 Å². The van der Waals surface area contributed by atoms with E-state index >= 15 is 0 Å². The summed E-state index contributed by atoms with van der Waals surface area (Å²) in [5.74, 6) is 0.219. The standard InChI is InChI=1S/C11H19NO2/c1-8-4-5-11(7-13)6-10(2,3)9(14)12(8)11/h8,13H,4-7H2,1-3H3. The Morgan fingerprint density at radius 2 is 2.21 bits per heavy atom. The molecule has 0 aromatic rings. The van der Waals surface area contributed by atoms with Crippen LogP contribution in [0.25, 0.3) is 0 Å². The minimum Gasteiger partial charge on any atom is -0.394 e. The zero-order chi connectivity index (χ0) is 10.6. The zero-order valence-electron chi connectivity index (χ0n) is 9.21. The molecule has 3 nitrogen and oxygen atoms in total. The van der Waals surface area contributed by atoms with Crippen LogP contribution in [0, 0.1) is 5.41 Å². The molecule has 0 radical (unpaired) electrons. The topological polar surface area (TPSA) is 40.5 Å². The van der Waals surface area contributed by atoms with Gasteiger partial charge in [0.25, 0.3) is 0 Å². The van der Waals surface area contributed by atoms with E-state index in [1.54, 1.807) is 0 Å². The molecule has 0 aromatic heterocycles. The van der Waals surface area contributed by atoms with E-state index in [9.17, 15) is 9.90 Å². The van der Waals surface area contributed by atoms with Crippen molar-refractivity contribution in [1.82, 2.24) is 4.90 Å². The molecule has 1 N–H and O–H groups in total. The molecule has 0 spiro atoms. The average Bonchev–Trinajstić information content (AvgIpc) is 2.51. The molecule has 0 aromatic carbocycles. The van der Waals surface area contributed by atoms with E-state index in [-0.39, 0.29) is 23.5 Å². The molecule has 2 heterocycles. The Kier molecular flexibility index (Phi) is 1.94. The maximum Gasteiger partial charge on any atom is 0.229 e. The van der Waals surface area contributed by atoms with Gasteiger partial charge in [0, 0.05) is 11.5 Å². The van der Waals surface area contributed by atoms with Crippen LogP contribution >= 0.6 is 0 Å². The second-order valence-electron chi connectivity index (χ2n) is 5.51. The van der Waals surface area contributed by atoms with E-state index in [4.69, 9.17) is 0 Å². The van der Waals surface area contributed by atoms with Crippen LogP contribution in [0.1, 0.15) is 40.0 Å². The van der Waals surface area contributed by atoms with Gasteiger partial charge in [-0.25, -0.2) is 0 Å². The molecule has 2 unspecified atom stereocenters. The summed E-state index contributed by atoms with van der Waals surface area (Å²) in [5, 5.41) is 9.50. The van der Waals surface area contributed by atoms with Crippen molar-refractivity contribution in [2.24, 2.45) is 5.41 Å². The first-order chi connectivity index (χ1) is 6.43. The van der Waals surface area contributed by atoms with Crippen LogP contribution in [0.15, 0.2) is 0 Å². The van der Waals surface area contributed by atoms with Gasteiger partial charge in [-0.05, 0) is 26.2 Å². The molecule has 0 saturated carbocycles. The summed E-state index contributed by atoms with van der Waals surface area (Å²) in [5.41, 5.74) is -0.516. The van der Waals surface area contributed by atoms with Crippen LogP contribution in [-0.2, 0) is 4.79 Å². The van der Waals surface area contributed by atoms with Gasteiger partial charge >= 0.3 is 0 Å². The highest BCUT2D eigenvalue weighted by molar-refractivity contribution is 5.86. The molecule has 80 valence electrons. The maximum atomic E-state index is 12.1. The van der Waals surface area contributed by atoms with Gasteiger partial charge in [-0.2, -0.15) is 0 Å². The summed E-state index contributed by atoms with van der Waals surface area (Å²) in [6.45, 7) is 6.17. The van der Waals surface area contributed by atoms with E-state index in [0.29, 0.717) is 6.04 Å². The molecule has 3 heteroatoms. The first-order valence-electron chi connectivity index (χ1n) is 5.38. The number of aliphatic hydroxyl groups is 1. The largest absolute Gasteiger partial charge is 0.394 e. The molecular weight excluding hydrogens is 178 g/mol. The number of hydrogen-bond donors (Lipinski definition) is 1. The lowest BCUT2D eigenvalue weighted by molar-refractivity contribution is -0.138. The SMILES string of the molecule is CC1CCC2(CO)CC(C)(C)C(=O)N12. The van der Waals surface area contributed by atoms with Crippen molar-refractivity contribution >= 4 is 5.91 Å². The molecule has 2 aliphatic rings. The van der Waals surface area contributed by atoms with Crippen LogP contribution in [0.5, 0.6) is 0 Å². The summed E-state index contributed by atoms with van der Waals surface area (Å²) in [6.07, 6.45) is 2.79. The molecule has 2 saturated heterocycles. The zero-order valence-corrected chi connectivity index (χ0v) is 9.21. The normalized spacial score (nSPS) is 40.4. The van der Waals surface area contributed by atoms with Gasteiger partial charge in [-0.15, -0.1) is 0 Å². The molecule has 2 atom stereocenters. The Morgan fingerprint density at radius 3 is 2.71 bits per heavy atom. The lowest BCUT2D eigenvalue weighted by Gasteiger charge is -2.32. The van der Waals surface area contributed by atoms with E-state index < -0.39 is 0 Å². The number of hydrogen-bond acceptors (Lipinski definition) is 2. The van der Waals surface area contributed by atoms with Gasteiger partial charge in [0.2, 0.25) is 5.91 Å². The molecule has 14 heavy (non-hydrogen) atoms. The van der Waals surface area contributed by atoms with Crippen molar-refractivity contribution < 1.29 is 9.90 Å². The third kappa shape index (κ3) is 1.05. The number of carbonyl (C=O) groups excluding carboxylic acids is 1. The van der Waals surface area contributed by atoms with Gasteiger partial charge in [0.15, 0.2) is 0 Å². The third-order valence-electron chi connectivity index (χ3n) is 3.84. The second kappa shape index (κ2) is 2.72. The molecule has 0 aliphatic carbocycles. The first kappa shape index (κ1) is 9.97. The Bertz CT molecular complexity index is 274. The summed E-state index contributed by atoms with van der Waals surface area (Å²) >= 11 is 0. The smallest absolute Gasteiger partial charge is 0.229 e. The Labute approximate surface area is 85.1 Å². The van der Waals surface area contributed by atoms with Crippen LogP contribution in [0.3, 0.4) is 0 Å². The Hall–Kier alpha value is -0.570. The van der Waals surface area contributed by atoms with Crippen molar-refractivity contribution in [1.29, 1.82) is 0 Å². The number of carbonyl (C=O) groups is 1. The van der Waals surface area contributed by atoms with Gasteiger partial charge in [0.05, 0.1) is 12.1 Å². The summed E-state index contributed by atoms with van der Waals surface area (Å²) in [6, 6.07) is 0.302. The molecule has 0 bridgehead atoms. The van der Waals surface area contributed by atoms with Crippen LogP contribution in [-0.4, -0.2) is 34.1 Å². The minimum absolute atomic E-state index is 0.118. The summed E-state index contributed by atoms with van der Waals surface area (Å²) < 4.78 is 0. The van der Waals surface area contributed by atoms with Gasteiger partial charge < -0.3 is 10.0 Å². The van der Waals surface area contributed by atoms with Crippen LogP contribution in [0.4, 0.5) is 0 Å². The molecule has 2 aliphatic heterocycles. The van der Waals surface area contributed by atoms with Gasteiger partial charge in [0.1, 0.15) is 0 Å². The highest BCUT2D eigenvalue weighted by atomic mass is 16.3. The summed E-state index contributed by atoms with van der Waals surface area (Å²) in [4.78, 5) is 14.0. The van der Waals surface area contributed by atoms with Crippen LogP contribution < -0.4 is 0 Å². The monoisotopic (exact) mass is 197 g/mol. The molecule has 2 rings (SSSR count). The summed E-state index contributed by atoms with van der Waals surface area (Å²) in [7, 11) is 0. The van der Waals surface area contributed by atoms with E-state index in [0.717, 1.165) is 19.3 Å². The molecule has 1 amide bonds. The highest BCUT2D eigenvalue weighted by Gasteiger charge is 2.58. The first-order valence-corrected chi connectivity index (χ1v) is 5.38. The fraction of sp³-hybridized carbons (Fsp3) is 0.909. The van der Waals surface area contributed by atoms with E-state index in [1.165, 1.54) is 0 Å². The fourth-order valence-corrected chi connectivity index (χ4v) is 3.22. The Morgan fingerprint density at radius 1 is 1.57 bits per heavy atom. The lowest BCUT2D eigenvalue weighted by Crippen LogP contribution is -2.46. The maximum absolute atomic E-state index is 12.1. The average molecular weight is 197 g/mol. The van der Waals surface area contributed by atoms with Gasteiger partial charge in [-0.3, -0.25) is 4.79 Å². The highest BCUT2D eigenvalue weighted by Crippen LogP contribution is 2.50. The van der Waals surface area contributed by atoms with Crippen molar-refractivity contribution in [2.75, 3.05) is 6.61 Å². The number of fused-ring (bicyclic) bond motifs is 1. The number of aliphatic hydroxyl groups excluding tert-OH is 1. The van der Waals surface area contributed by atoms with E-state index in [2.05, 4.69) is 6.92 Å². The van der Waals surface area contributed by atoms with Gasteiger partial charge in [-0.1, -0.05) is 13.8 Å². The van der Waals surface area contributed by atoms with Crippen molar-refractivity contribution in [3.63, 3.8) is 0 Å². The van der Waals surface area contributed by atoms with Crippen LogP contribution in [0.2, 0.25) is 0 Å².